The molecule has 0 bridgehead atoms. The van der Waals surface area contributed by atoms with E-state index in [4.69, 9.17) is 18.9 Å². The first-order valence-electron chi connectivity index (χ1n) is 7.93. The number of pyridine rings is 1. The summed E-state index contributed by atoms with van der Waals surface area (Å²) in [6.07, 6.45) is 2.35. The van der Waals surface area contributed by atoms with E-state index in [2.05, 4.69) is 10.3 Å². The molecule has 1 aliphatic heterocycles. The van der Waals surface area contributed by atoms with Gasteiger partial charge >= 0.3 is 0 Å². The molecule has 1 aliphatic rings. The normalized spacial score (nSPS) is 16.3. The van der Waals surface area contributed by atoms with Gasteiger partial charge in [0, 0.05) is 24.8 Å². The fourth-order valence-corrected chi connectivity index (χ4v) is 2.47. The van der Waals surface area contributed by atoms with Gasteiger partial charge in [0.1, 0.15) is 17.6 Å². The topological polar surface area (TPSA) is 78.9 Å². The molecule has 3 rings (SSSR count). The van der Waals surface area contributed by atoms with Crippen molar-refractivity contribution < 1.29 is 23.7 Å². The van der Waals surface area contributed by atoms with Crippen LogP contribution in [0.4, 0.5) is 5.69 Å². The molecule has 1 fully saturated rings. The minimum absolute atomic E-state index is 0.0215. The fraction of sp³-hybridized carbons (Fsp3) is 0.333. The van der Waals surface area contributed by atoms with Crippen molar-refractivity contribution in [2.75, 3.05) is 32.8 Å². The molecular weight excluding hydrogens is 324 g/mol. The quantitative estimate of drug-likeness (QED) is 0.867. The maximum atomic E-state index is 12.4. The third kappa shape index (κ3) is 4.19. The van der Waals surface area contributed by atoms with E-state index in [1.165, 1.54) is 13.3 Å². The maximum Gasteiger partial charge on any atom is 0.257 e. The SMILES string of the molecule is COc1ccc(OC)c(NC(=O)c2ccc(OC3CCOC3)nc2)c1. The Balaban J connectivity index is 1.68. The van der Waals surface area contributed by atoms with Gasteiger partial charge in [-0.2, -0.15) is 0 Å². The zero-order valence-electron chi connectivity index (χ0n) is 14.2. The molecular formula is C18H20N2O5. The Morgan fingerprint density at radius 2 is 2.12 bits per heavy atom. The van der Waals surface area contributed by atoms with E-state index in [0.29, 0.717) is 41.8 Å². The standard InChI is InChI=1S/C18H20N2O5/c1-22-13-4-5-16(23-2)15(9-13)20-18(21)12-3-6-17(19-10-12)25-14-7-8-24-11-14/h3-6,9-10,14H,7-8,11H2,1-2H3,(H,20,21). The number of carbonyl (C=O) groups is 1. The summed E-state index contributed by atoms with van der Waals surface area (Å²) in [4.78, 5) is 16.6. The Bertz CT molecular complexity index is 727. The number of ether oxygens (including phenoxy) is 4. The van der Waals surface area contributed by atoms with Crippen molar-refractivity contribution >= 4 is 11.6 Å². The second kappa shape index (κ2) is 7.85. The van der Waals surface area contributed by atoms with Crippen LogP contribution in [0, 0.1) is 0 Å². The van der Waals surface area contributed by atoms with Crippen LogP contribution in [0.5, 0.6) is 17.4 Å². The van der Waals surface area contributed by atoms with Gasteiger partial charge in [-0.15, -0.1) is 0 Å². The van der Waals surface area contributed by atoms with E-state index in [9.17, 15) is 4.79 Å². The number of anilines is 1. The lowest BCUT2D eigenvalue weighted by Gasteiger charge is -2.13. The van der Waals surface area contributed by atoms with Crippen LogP contribution in [0.25, 0.3) is 0 Å². The van der Waals surface area contributed by atoms with Gasteiger partial charge in [-0.05, 0) is 18.2 Å². The van der Waals surface area contributed by atoms with Crippen LogP contribution in [0.1, 0.15) is 16.8 Å². The number of benzene rings is 1. The molecule has 1 aromatic heterocycles. The zero-order chi connectivity index (χ0) is 17.6. The Hall–Kier alpha value is -2.80. The van der Waals surface area contributed by atoms with Gasteiger partial charge in [0.2, 0.25) is 5.88 Å². The highest BCUT2D eigenvalue weighted by molar-refractivity contribution is 6.05. The van der Waals surface area contributed by atoms with Crippen LogP contribution in [0.2, 0.25) is 0 Å². The predicted octanol–water partition coefficient (Wildman–Crippen LogP) is 2.52. The summed E-state index contributed by atoms with van der Waals surface area (Å²) in [5.74, 6) is 1.35. The summed E-state index contributed by atoms with van der Waals surface area (Å²) in [6, 6.07) is 8.53. The Morgan fingerprint density at radius 3 is 2.76 bits per heavy atom. The van der Waals surface area contributed by atoms with Crippen molar-refractivity contribution in [2.45, 2.75) is 12.5 Å². The molecule has 0 saturated carbocycles. The second-order valence-electron chi connectivity index (χ2n) is 5.51. The van der Waals surface area contributed by atoms with Crippen molar-refractivity contribution in [1.82, 2.24) is 4.98 Å². The average Bonchev–Trinajstić information content (AvgIpc) is 3.15. The number of hydrogen-bond acceptors (Lipinski definition) is 6. The number of methoxy groups -OCH3 is 2. The third-order valence-electron chi connectivity index (χ3n) is 3.83. The van der Waals surface area contributed by atoms with E-state index in [0.717, 1.165) is 6.42 Å². The molecule has 132 valence electrons. The molecule has 1 amide bonds. The second-order valence-corrected chi connectivity index (χ2v) is 5.51. The molecule has 1 aromatic carbocycles. The minimum Gasteiger partial charge on any atom is -0.497 e. The average molecular weight is 344 g/mol. The monoisotopic (exact) mass is 344 g/mol. The largest absolute Gasteiger partial charge is 0.497 e. The van der Waals surface area contributed by atoms with Gasteiger partial charge in [-0.3, -0.25) is 4.79 Å². The highest BCUT2D eigenvalue weighted by Gasteiger charge is 2.18. The molecule has 1 N–H and O–H groups in total. The molecule has 1 saturated heterocycles. The summed E-state index contributed by atoms with van der Waals surface area (Å²) < 4.78 is 21.4. The van der Waals surface area contributed by atoms with Crippen LogP contribution in [0.3, 0.4) is 0 Å². The van der Waals surface area contributed by atoms with E-state index in [1.54, 1.807) is 37.4 Å². The molecule has 25 heavy (non-hydrogen) atoms. The number of aromatic nitrogens is 1. The lowest BCUT2D eigenvalue weighted by atomic mass is 10.2. The van der Waals surface area contributed by atoms with Crippen molar-refractivity contribution in [3.8, 4) is 17.4 Å². The first kappa shape index (κ1) is 17.0. The van der Waals surface area contributed by atoms with Crippen molar-refractivity contribution in [3.05, 3.63) is 42.1 Å². The fourth-order valence-electron chi connectivity index (χ4n) is 2.47. The highest BCUT2D eigenvalue weighted by Crippen LogP contribution is 2.29. The number of hydrogen-bond donors (Lipinski definition) is 1. The third-order valence-corrected chi connectivity index (χ3v) is 3.83. The number of amides is 1. The number of nitrogens with one attached hydrogen (secondary N) is 1. The van der Waals surface area contributed by atoms with Crippen molar-refractivity contribution in [3.63, 3.8) is 0 Å². The summed E-state index contributed by atoms with van der Waals surface area (Å²) in [7, 11) is 3.10. The van der Waals surface area contributed by atoms with Crippen molar-refractivity contribution in [2.24, 2.45) is 0 Å². The van der Waals surface area contributed by atoms with E-state index < -0.39 is 0 Å². The zero-order valence-corrected chi connectivity index (χ0v) is 14.2. The van der Waals surface area contributed by atoms with Crippen LogP contribution >= 0.6 is 0 Å². The Morgan fingerprint density at radius 1 is 1.24 bits per heavy atom. The van der Waals surface area contributed by atoms with E-state index in [-0.39, 0.29) is 12.0 Å². The summed E-state index contributed by atoms with van der Waals surface area (Å²) >= 11 is 0. The molecule has 1 unspecified atom stereocenters. The predicted molar refractivity (Wildman–Crippen MR) is 91.6 cm³/mol. The first-order chi connectivity index (χ1) is 12.2. The Kier molecular flexibility index (Phi) is 5.35. The highest BCUT2D eigenvalue weighted by atomic mass is 16.5. The van der Waals surface area contributed by atoms with E-state index >= 15 is 0 Å². The maximum absolute atomic E-state index is 12.4. The molecule has 0 aliphatic carbocycles. The number of carbonyl (C=O) groups excluding carboxylic acids is 1. The lowest BCUT2D eigenvalue weighted by molar-refractivity contribution is 0.102. The van der Waals surface area contributed by atoms with E-state index in [1.807, 2.05) is 0 Å². The smallest absolute Gasteiger partial charge is 0.257 e. The number of nitrogens with zero attached hydrogens (tertiary/aromatic N) is 1. The molecule has 7 heteroatoms. The van der Waals surface area contributed by atoms with Gasteiger partial charge in [0.25, 0.3) is 5.91 Å². The van der Waals surface area contributed by atoms with Crippen LogP contribution in [-0.2, 0) is 4.74 Å². The molecule has 0 radical (unpaired) electrons. The van der Waals surface area contributed by atoms with Crippen LogP contribution < -0.4 is 19.5 Å². The first-order valence-corrected chi connectivity index (χ1v) is 7.93. The molecule has 2 aromatic rings. The van der Waals surface area contributed by atoms with Gasteiger partial charge in [-0.25, -0.2) is 4.98 Å². The molecule has 0 spiro atoms. The summed E-state index contributed by atoms with van der Waals surface area (Å²) in [6.45, 7) is 1.27. The van der Waals surface area contributed by atoms with Gasteiger partial charge in [0.05, 0.1) is 38.7 Å². The van der Waals surface area contributed by atoms with Gasteiger partial charge in [0.15, 0.2) is 0 Å². The Labute approximate surface area is 145 Å². The minimum atomic E-state index is -0.296. The number of rotatable bonds is 6. The molecule has 2 heterocycles. The van der Waals surface area contributed by atoms with Crippen LogP contribution in [0.15, 0.2) is 36.5 Å². The van der Waals surface area contributed by atoms with Crippen LogP contribution in [-0.4, -0.2) is 44.4 Å². The summed E-state index contributed by atoms with van der Waals surface area (Å²) in [5, 5.41) is 2.80. The van der Waals surface area contributed by atoms with Gasteiger partial charge < -0.3 is 24.3 Å². The van der Waals surface area contributed by atoms with Crippen molar-refractivity contribution in [1.29, 1.82) is 0 Å². The molecule has 1 atom stereocenters. The summed E-state index contributed by atoms with van der Waals surface area (Å²) in [5.41, 5.74) is 0.940. The molecule has 7 nitrogen and oxygen atoms in total. The lowest BCUT2D eigenvalue weighted by Crippen LogP contribution is -2.17. The van der Waals surface area contributed by atoms with Gasteiger partial charge in [-0.1, -0.05) is 0 Å².